The molecule has 0 spiro atoms. The highest BCUT2D eigenvalue weighted by molar-refractivity contribution is 8.06. The Balaban J connectivity index is 2.54. The Bertz CT molecular complexity index is 21.6. The molecule has 0 aliphatic rings. The number of hydrogen-bond acceptors (Lipinski definition) is 0. The van der Waals surface area contributed by atoms with Crippen LogP contribution in [0.1, 0.15) is 0 Å². The zero-order chi connectivity index (χ0) is 4.28. The molecule has 0 amide bonds. The highest BCUT2D eigenvalue weighted by Gasteiger charge is 1.86. The van der Waals surface area contributed by atoms with Gasteiger partial charge in [0.1, 0.15) is 0 Å². The van der Waals surface area contributed by atoms with E-state index in [1.807, 2.05) is 0 Å². The van der Waals surface area contributed by atoms with Gasteiger partial charge in [0.05, 0.1) is 6.63 Å². The minimum absolute atomic E-state index is 0.691. The minimum atomic E-state index is -0.691. The molecule has 0 saturated heterocycles. The van der Waals surface area contributed by atoms with Crippen LogP contribution >= 0.6 is 38.3 Å². The average Bonchev–Trinajstić information content (AvgIpc) is 1.38. The summed E-state index contributed by atoms with van der Waals surface area (Å²) in [6.45, 7) is -0.691. The molecule has 0 aliphatic heterocycles. The predicted octanol–water partition coefficient (Wildman–Crippen LogP) is 2.61. The molecule has 0 fully saturated rings. The Morgan fingerprint density at radius 2 is 1.80 bits per heavy atom. The van der Waals surface area contributed by atoms with Crippen molar-refractivity contribution in [2.24, 2.45) is 0 Å². The molecule has 0 aromatic rings. The maximum absolute atomic E-state index is 5.27. The molecule has 0 nitrogen and oxygen atoms in total. The second-order valence-electron chi connectivity index (χ2n) is 0.486. The fourth-order valence-corrected chi connectivity index (χ4v) is 0. The van der Waals surface area contributed by atoms with E-state index < -0.39 is 6.63 Å². The summed E-state index contributed by atoms with van der Waals surface area (Å²) < 4.78 is 0. The number of halogens is 2. The molecule has 5 heavy (non-hydrogen) atoms. The van der Waals surface area contributed by atoms with Crippen molar-refractivity contribution in [3.8, 4) is 0 Å². The van der Waals surface area contributed by atoms with E-state index >= 15 is 0 Å². The van der Waals surface area contributed by atoms with Gasteiger partial charge in [0.2, 0.25) is 0 Å². The van der Waals surface area contributed by atoms with Gasteiger partial charge in [-0.1, -0.05) is 22.5 Å². The maximum Gasteiger partial charge on any atom is 0.0893 e. The van der Waals surface area contributed by atoms with E-state index in [-0.39, 0.29) is 0 Å². The first-order chi connectivity index (χ1) is 2.27. The quantitative estimate of drug-likeness (QED) is 0.502. The molecule has 0 bridgehead atoms. The summed E-state index contributed by atoms with van der Waals surface area (Å²) in [7, 11) is 2.46. The Morgan fingerprint density at radius 1 is 1.60 bits per heavy atom. The zero-order valence-corrected chi connectivity index (χ0v) is 6.05. The van der Waals surface area contributed by atoms with Crippen molar-refractivity contribution < 1.29 is 0 Å². The van der Waals surface area contributed by atoms with Crippen LogP contribution in [0.2, 0.25) is 0 Å². The van der Waals surface area contributed by atoms with Gasteiger partial charge in [-0.3, -0.25) is 0 Å². The first kappa shape index (κ1) is 6.44. The van der Waals surface area contributed by atoms with Gasteiger partial charge in [0.15, 0.2) is 0 Å². The Hall–Kier alpha value is 1.44. The monoisotopic (exact) mass is 148 g/mol. The zero-order valence-electron chi connectivity index (χ0n) is 2.49. The van der Waals surface area contributed by atoms with E-state index in [2.05, 4.69) is 9.24 Å². The predicted molar refractivity (Wildman–Crippen MR) is 33.2 cm³/mol. The van der Waals surface area contributed by atoms with Crippen LogP contribution < -0.4 is 0 Å². The summed E-state index contributed by atoms with van der Waals surface area (Å²) in [6, 6.07) is 0. The molecule has 1 atom stereocenters. The van der Waals surface area contributed by atoms with Crippen molar-refractivity contribution in [2.75, 3.05) is 5.90 Å². The van der Waals surface area contributed by atoms with Crippen LogP contribution in [-0.2, 0) is 0 Å². The van der Waals surface area contributed by atoms with E-state index in [1.54, 1.807) is 0 Å². The lowest BCUT2D eigenvalue weighted by Gasteiger charge is -1.84. The number of hydrogen-bond donors (Lipinski definition) is 0. The molecule has 0 N–H and O–H groups in total. The van der Waals surface area contributed by atoms with Gasteiger partial charge in [0, 0.05) is 5.90 Å². The largest absolute Gasteiger partial charge is 0.131 e. The van der Waals surface area contributed by atoms with Crippen LogP contribution in [0.4, 0.5) is 0 Å². The molecule has 0 saturated carbocycles. The minimum Gasteiger partial charge on any atom is -0.131 e. The van der Waals surface area contributed by atoms with Crippen LogP contribution in [0.5, 0.6) is 0 Å². The normalized spacial score (nSPS) is 9.60. The Labute approximate surface area is 44.8 Å². The standard InChI is InChI=1S/CH4Cl2P2/c2-5(3)1-4/h1,4H2. The second-order valence-corrected chi connectivity index (χ2v) is 5.52. The Morgan fingerprint density at radius 3 is 1.80 bits per heavy atom. The van der Waals surface area contributed by atoms with Crippen LogP contribution in [-0.4, -0.2) is 5.90 Å². The van der Waals surface area contributed by atoms with Crippen molar-refractivity contribution in [3.05, 3.63) is 0 Å². The lowest BCUT2D eigenvalue weighted by molar-refractivity contribution is 2.29. The molecule has 1 unspecified atom stereocenters. The molecular weight excluding hydrogens is 145 g/mol. The van der Waals surface area contributed by atoms with Gasteiger partial charge in [-0.05, 0) is 0 Å². The van der Waals surface area contributed by atoms with Crippen LogP contribution in [0, 0.1) is 0 Å². The smallest absolute Gasteiger partial charge is 0.0893 e. The van der Waals surface area contributed by atoms with Crippen molar-refractivity contribution in [1.82, 2.24) is 0 Å². The van der Waals surface area contributed by atoms with E-state index in [9.17, 15) is 0 Å². The number of rotatable bonds is 1. The molecule has 0 aromatic carbocycles. The topological polar surface area (TPSA) is 0 Å². The van der Waals surface area contributed by atoms with Crippen LogP contribution in [0.25, 0.3) is 0 Å². The molecular formula is CH4Cl2P2. The van der Waals surface area contributed by atoms with Crippen molar-refractivity contribution >= 4 is 38.3 Å². The van der Waals surface area contributed by atoms with Crippen molar-refractivity contribution in [3.63, 3.8) is 0 Å². The summed E-state index contributed by atoms with van der Waals surface area (Å²) in [6.07, 6.45) is 0. The van der Waals surface area contributed by atoms with Gasteiger partial charge in [-0.25, -0.2) is 0 Å². The van der Waals surface area contributed by atoms with Crippen molar-refractivity contribution in [2.45, 2.75) is 0 Å². The fourth-order valence-electron chi connectivity index (χ4n) is 0. The molecule has 0 heterocycles. The van der Waals surface area contributed by atoms with E-state index in [0.29, 0.717) is 0 Å². The highest BCUT2D eigenvalue weighted by atomic mass is 35.9. The van der Waals surface area contributed by atoms with Crippen LogP contribution in [0.15, 0.2) is 0 Å². The lowest BCUT2D eigenvalue weighted by Crippen LogP contribution is -1.41. The van der Waals surface area contributed by atoms with Gasteiger partial charge < -0.3 is 0 Å². The maximum atomic E-state index is 5.27. The summed E-state index contributed by atoms with van der Waals surface area (Å²) >= 11 is 10.5. The van der Waals surface area contributed by atoms with Gasteiger partial charge in [0.25, 0.3) is 0 Å². The molecule has 0 rings (SSSR count). The molecule has 4 heteroatoms. The third-order valence-corrected chi connectivity index (χ3v) is 3.73. The van der Waals surface area contributed by atoms with Crippen molar-refractivity contribution in [1.29, 1.82) is 0 Å². The van der Waals surface area contributed by atoms with E-state index in [0.717, 1.165) is 5.90 Å². The molecule has 0 aromatic heterocycles. The Kier molecular flexibility index (Phi) is 4.67. The first-order valence-corrected chi connectivity index (χ1v) is 5.22. The highest BCUT2D eigenvalue weighted by Crippen LogP contribution is 2.47. The SMILES string of the molecule is PCP(Cl)Cl. The van der Waals surface area contributed by atoms with Gasteiger partial charge in [-0.2, -0.15) is 0 Å². The van der Waals surface area contributed by atoms with E-state index in [1.165, 1.54) is 0 Å². The summed E-state index contributed by atoms with van der Waals surface area (Å²) in [5.74, 6) is 0.818. The second kappa shape index (κ2) is 3.62. The van der Waals surface area contributed by atoms with Gasteiger partial charge >= 0.3 is 0 Å². The molecule has 0 aliphatic carbocycles. The van der Waals surface area contributed by atoms with Crippen LogP contribution in [0.3, 0.4) is 0 Å². The third kappa shape index (κ3) is 5.44. The lowest BCUT2D eigenvalue weighted by atomic mass is 11.9. The molecule has 32 valence electrons. The van der Waals surface area contributed by atoms with E-state index in [4.69, 9.17) is 22.5 Å². The summed E-state index contributed by atoms with van der Waals surface area (Å²) in [4.78, 5) is 0. The summed E-state index contributed by atoms with van der Waals surface area (Å²) in [5, 5.41) is 0. The fraction of sp³-hybridized carbons (Fsp3) is 1.00. The third-order valence-electron chi connectivity index (χ3n) is 0.138. The summed E-state index contributed by atoms with van der Waals surface area (Å²) in [5.41, 5.74) is 0. The van der Waals surface area contributed by atoms with Gasteiger partial charge in [-0.15, -0.1) is 9.24 Å². The molecule has 0 radical (unpaired) electrons. The average molecular weight is 149 g/mol. The first-order valence-electron chi connectivity index (χ1n) is 1.06.